The number of hydrogen-bond donors (Lipinski definition) is 0. The summed E-state index contributed by atoms with van der Waals surface area (Å²) in [6.45, 7) is 0.540. The van der Waals surface area contributed by atoms with Crippen molar-refractivity contribution in [3.8, 4) is 12.3 Å². The maximum Gasteiger partial charge on any atom is 0.166 e. The minimum atomic E-state index is 0.540. The molecule has 0 fully saturated rings. The van der Waals surface area contributed by atoms with Gasteiger partial charge in [-0.1, -0.05) is 0 Å². The highest BCUT2D eigenvalue weighted by Crippen LogP contribution is 2.08. The molecule has 1 aromatic rings. The average molecular weight is 153 g/mol. The van der Waals surface area contributed by atoms with Crippen molar-refractivity contribution >= 4 is 11.3 Å². The zero-order valence-electron chi connectivity index (χ0n) is 5.63. The van der Waals surface area contributed by atoms with Crippen LogP contribution < -0.4 is 0 Å². The highest BCUT2D eigenvalue weighted by atomic mass is 32.1. The van der Waals surface area contributed by atoms with Crippen LogP contribution >= 0.6 is 11.3 Å². The van der Waals surface area contributed by atoms with E-state index in [0.29, 0.717) is 11.6 Å². The molecule has 2 nitrogen and oxygen atoms in total. The predicted molar refractivity (Wildman–Crippen MR) is 40.8 cm³/mol. The Hall–Kier alpha value is -0.850. The normalized spacial score (nSPS) is 9.20. The summed E-state index contributed by atoms with van der Waals surface area (Å²) in [5, 5.41) is 2.62. The lowest BCUT2D eigenvalue weighted by Crippen LogP contribution is -1.86. The first-order chi connectivity index (χ1) is 4.86. The third-order valence-electron chi connectivity index (χ3n) is 0.967. The summed E-state index contributed by atoms with van der Waals surface area (Å²) in [4.78, 5) is 4.08. The Morgan fingerprint density at radius 1 is 1.90 bits per heavy atom. The zero-order chi connectivity index (χ0) is 7.40. The van der Waals surface area contributed by atoms with E-state index in [1.807, 2.05) is 5.38 Å². The summed E-state index contributed by atoms with van der Waals surface area (Å²) in [5.74, 6) is 2.46. The van der Waals surface area contributed by atoms with Crippen LogP contribution in [0.5, 0.6) is 0 Å². The van der Waals surface area contributed by atoms with Crippen LogP contribution in [0.4, 0.5) is 0 Å². The molecule has 0 atom stereocenters. The van der Waals surface area contributed by atoms with E-state index in [4.69, 9.17) is 11.2 Å². The quantitative estimate of drug-likeness (QED) is 0.597. The van der Waals surface area contributed by atoms with Crippen molar-refractivity contribution in [1.29, 1.82) is 0 Å². The lowest BCUT2D eigenvalue weighted by atomic mass is 10.5. The van der Waals surface area contributed by atoms with Gasteiger partial charge < -0.3 is 4.74 Å². The molecule has 0 saturated carbocycles. The van der Waals surface area contributed by atoms with Gasteiger partial charge in [0, 0.05) is 12.5 Å². The Kier molecular flexibility index (Phi) is 2.43. The van der Waals surface area contributed by atoms with Crippen LogP contribution in [0.25, 0.3) is 0 Å². The Bertz CT molecular complexity index is 248. The standard InChI is InChI=1S/C7H7NOS/c1-3-7-8-6(4-9-2)5-10-7/h1,5H,4H2,2H3. The van der Waals surface area contributed by atoms with E-state index in [0.717, 1.165) is 5.69 Å². The van der Waals surface area contributed by atoms with Gasteiger partial charge in [0.25, 0.3) is 0 Å². The van der Waals surface area contributed by atoms with Crippen molar-refractivity contribution < 1.29 is 4.74 Å². The number of nitrogens with zero attached hydrogens (tertiary/aromatic N) is 1. The first kappa shape index (κ1) is 7.26. The van der Waals surface area contributed by atoms with Crippen LogP contribution in [0.1, 0.15) is 10.7 Å². The highest BCUT2D eigenvalue weighted by molar-refractivity contribution is 7.10. The van der Waals surface area contributed by atoms with Crippen LogP contribution in [0.3, 0.4) is 0 Å². The second-order valence-corrected chi connectivity index (χ2v) is 2.58. The van der Waals surface area contributed by atoms with Crippen molar-refractivity contribution in [2.45, 2.75) is 6.61 Å². The van der Waals surface area contributed by atoms with Crippen molar-refractivity contribution in [1.82, 2.24) is 4.98 Å². The lowest BCUT2D eigenvalue weighted by molar-refractivity contribution is 0.182. The number of terminal acetylenes is 1. The number of hydrogen-bond acceptors (Lipinski definition) is 3. The molecule has 0 aliphatic rings. The highest BCUT2D eigenvalue weighted by Gasteiger charge is 1.96. The second kappa shape index (κ2) is 3.35. The summed E-state index contributed by atoms with van der Waals surface area (Å²) in [6.07, 6.45) is 5.12. The van der Waals surface area contributed by atoms with Gasteiger partial charge in [0.1, 0.15) is 0 Å². The molecule has 0 N–H and O–H groups in total. The van der Waals surface area contributed by atoms with E-state index in [9.17, 15) is 0 Å². The predicted octanol–water partition coefficient (Wildman–Crippen LogP) is 1.27. The van der Waals surface area contributed by atoms with Crippen LogP contribution in [0.2, 0.25) is 0 Å². The molecule has 0 saturated heterocycles. The largest absolute Gasteiger partial charge is 0.378 e. The fraction of sp³-hybridized carbons (Fsp3) is 0.286. The number of ether oxygens (including phenoxy) is 1. The smallest absolute Gasteiger partial charge is 0.166 e. The molecule has 1 aromatic heterocycles. The molecule has 0 unspecified atom stereocenters. The molecule has 3 heteroatoms. The van der Waals surface area contributed by atoms with Crippen molar-refractivity contribution in [3.63, 3.8) is 0 Å². The van der Waals surface area contributed by atoms with Gasteiger partial charge in [-0.05, 0) is 5.92 Å². The SMILES string of the molecule is C#Cc1nc(COC)cs1. The Labute approximate surface area is 63.9 Å². The summed E-state index contributed by atoms with van der Waals surface area (Å²) in [7, 11) is 1.63. The minimum absolute atomic E-state index is 0.540. The number of methoxy groups -OCH3 is 1. The summed E-state index contributed by atoms with van der Waals surface area (Å²) >= 11 is 1.46. The molecular weight excluding hydrogens is 146 g/mol. The summed E-state index contributed by atoms with van der Waals surface area (Å²) in [6, 6.07) is 0. The van der Waals surface area contributed by atoms with Crippen LogP contribution in [0.15, 0.2) is 5.38 Å². The van der Waals surface area contributed by atoms with E-state index >= 15 is 0 Å². The van der Waals surface area contributed by atoms with Crippen LogP contribution in [-0.2, 0) is 11.3 Å². The third kappa shape index (κ3) is 1.56. The third-order valence-corrected chi connectivity index (χ3v) is 1.79. The summed E-state index contributed by atoms with van der Waals surface area (Å²) in [5.41, 5.74) is 0.903. The molecule has 52 valence electrons. The fourth-order valence-electron chi connectivity index (χ4n) is 0.587. The van der Waals surface area contributed by atoms with Gasteiger partial charge in [0.2, 0.25) is 0 Å². The maximum atomic E-state index is 5.12. The van der Waals surface area contributed by atoms with Gasteiger partial charge in [-0.25, -0.2) is 4.98 Å². The van der Waals surface area contributed by atoms with E-state index < -0.39 is 0 Å². The Morgan fingerprint density at radius 2 is 2.70 bits per heavy atom. The molecule has 0 amide bonds. The molecule has 0 spiro atoms. The lowest BCUT2D eigenvalue weighted by Gasteiger charge is -1.88. The molecular formula is C7H7NOS. The van der Waals surface area contributed by atoms with Gasteiger partial charge in [0.05, 0.1) is 12.3 Å². The van der Waals surface area contributed by atoms with Gasteiger partial charge in [-0.2, -0.15) is 0 Å². The van der Waals surface area contributed by atoms with Gasteiger partial charge in [0.15, 0.2) is 5.01 Å². The number of aromatic nitrogens is 1. The average Bonchev–Trinajstić information content (AvgIpc) is 2.37. The monoisotopic (exact) mass is 153 g/mol. The van der Waals surface area contributed by atoms with Crippen LogP contribution in [0, 0.1) is 12.3 Å². The first-order valence-electron chi connectivity index (χ1n) is 2.76. The molecule has 0 aliphatic heterocycles. The summed E-state index contributed by atoms with van der Waals surface area (Å²) < 4.78 is 4.86. The Balaban J connectivity index is 2.71. The fourth-order valence-corrected chi connectivity index (χ4v) is 1.19. The van der Waals surface area contributed by atoms with Gasteiger partial charge in [-0.3, -0.25) is 0 Å². The van der Waals surface area contributed by atoms with E-state index in [2.05, 4.69) is 10.9 Å². The van der Waals surface area contributed by atoms with E-state index in [1.165, 1.54) is 11.3 Å². The van der Waals surface area contributed by atoms with Crippen molar-refractivity contribution in [2.75, 3.05) is 7.11 Å². The van der Waals surface area contributed by atoms with Crippen molar-refractivity contribution in [2.24, 2.45) is 0 Å². The van der Waals surface area contributed by atoms with Gasteiger partial charge >= 0.3 is 0 Å². The first-order valence-corrected chi connectivity index (χ1v) is 3.64. The Morgan fingerprint density at radius 3 is 3.20 bits per heavy atom. The molecule has 1 heterocycles. The topological polar surface area (TPSA) is 22.1 Å². The van der Waals surface area contributed by atoms with E-state index in [1.54, 1.807) is 7.11 Å². The van der Waals surface area contributed by atoms with Crippen molar-refractivity contribution in [3.05, 3.63) is 16.1 Å². The second-order valence-electron chi connectivity index (χ2n) is 1.72. The zero-order valence-corrected chi connectivity index (χ0v) is 6.44. The minimum Gasteiger partial charge on any atom is -0.378 e. The number of thiazole rings is 1. The van der Waals surface area contributed by atoms with E-state index in [-0.39, 0.29) is 0 Å². The molecule has 0 bridgehead atoms. The molecule has 10 heavy (non-hydrogen) atoms. The van der Waals surface area contributed by atoms with Gasteiger partial charge in [-0.15, -0.1) is 17.8 Å². The molecule has 0 aromatic carbocycles. The van der Waals surface area contributed by atoms with Crippen LogP contribution in [-0.4, -0.2) is 12.1 Å². The molecule has 1 rings (SSSR count). The number of rotatable bonds is 2. The molecule has 0 radical (unpaired) electrons. The molecule has 0 aliphatic carbocycles. The maximum absolute atomic E-state index is 5.12.